The molecule has 0 bridgehead atoms. The van der Waals surface area contributed by atoms with E-state index in [-0.39, 0.29) is 21.5 Å². The van der Waals surface area contributed by atoms with Gasteiger partial charge in [-0.2, -0.15) is 0 Å². The molecular weight excluding hydrogens is 280 g/mol. The van der Waals surface area contributed by atoms with Crippen LogP contribution in [0, 0.1) is 11.6 Å². The van der Waals surface area contributed by atoms with Gasteiger partial charge in [-0.05, 0) is 28.1 Å². The standard InChI is InChI=1S/C10H6BrF2N3/c11-5-1-2-6(12)9(10(5)13)7-3-15-4-8(14)16-7/h1-4H,(H2,14,16). The molecule has 3 nitrogen and oxygen atoms in total. The van der Waals surface area contributed by atoms with E-state index in [9.17, 15) is 8.78 Å². The fourth-order valence-electron chi connectivity index (χ4n) is 1.26. The highest BCUT2D eigenvalue weighted by atomic mass is 79.9. The number of rotatable bonds is 1. The van der Waals surface area contributed by atoms with Gasteiger partial charge in [-0.25, -0.2) is 13.8 Å². The number of anilines is 1. The molecule has 0 amide bonds. The molecule has 0 unspecified atom stereocenters. The van der Waals surface area contributed by atoms with Crippen molar-refractivity contribution in [2.75, 3.05) is 5.73 Å². The van der Waals surface area contributed by atoms with E-state index >= 15 is 0 Å². The van der Waals surface area contributed by atoms with Crippen LogP contribution in [0.5, 0.6) is 0 Å². The molecule has 2 aromatic rings. The summed E-state index contributed by atoms with van der Waals surface area (Å²) in [6.45, 7) is 0. The average molecular weight is 286 g/mol. The largest absolute Gasteiger partial charge is 0.382 e. The Morgan fingerprint density at radius 1 is 1.19 bits per heavy atom. The number of aromatic nitrogens is 2. The van der Waals surface area contributed by atoms with Crippen LogP contribution < -0.4 is 5.73 Å². The maximum absolute atomic E-state index is 13.7. The number of nitrogens with zero attached hydrogens (tertiary/aromatic N) is 2. The molecule has 0 spiro atoms. The van der Waals surface area contributed by atoms with E-state index in [4.69, 9.17) is 5.73 Å². The summed E-state index contributed by atoms with van der Waals surface area (Å²) >= 11 is 2.97. The summed E-state index contributed by atoms with van der Waals surface area (Å²) in [5.74, 6) is -1.32. The van der Waals surface area contributed by atoms with E-state index in [0.29, 0.717) is 0 Å². The van der Waals surface area contributed by atoms with E-state index in [0.717, 1.165) is 6.07 Å². The van der Waals surface area contributed by atoms with Crippen molar-refractivity contribution in [3.8, 4) is 11.3 Å². The molecule has 1 aromatic heterocycles. The van der Waals surface area contributed by atoms with Crippen molar-refractivity contribution in [1.29, 1.82) is 0 Å². The second kappa shape index (κ2) is 4.13. The number of hydrogen-bond acceptors (Lipinski definition) is 3. The normalized spacial score (nSPS) is 10.4. The topological polar surface area (TPSA) is 51.8 Å². The molecule has 1 aromatic carbocycles. The Bertz CT molecular complexity index is 546. The first-order valence-corrected chi connectivity index (χ1v) is 5.10. The summed E-state index contributed by atoms with van der Waals surface area (Å²) in [6, 6.07) is 2.43. The summed E-state index contributed by atoms with van der Waals surface area (Å²) in [6.07, 6.45) is 2.56. The lowest BCUT2D eigenvalue weighted by molar-refractivity contribution is 0.584. The molecule has 2 rings (SSSR count). The predicted molar refractivity (Wildman–Crippen MR) is 59.5 cm³/mol. The molecule has 0 atom stereocenters. The number of nitrogens with two attached hydrogens (primary N) is 1. The highest BCUT2D eigenvalue weighted by molar-refractivity contribution is 9.10. The Balaban J connectivity index is 2.68. The Morgan fingerprint density at radius 2 is 1.94 bits per heavy atom. The minimum Gasteiger partial charge on any atom is -0.382 e. The Labute approximate surface area is 98.5 Å². The fraction of sp³-hybridized carbons (Fsp3) is 0. The molecule has 0 saturated carbocycles. The van der Waals surface area contributed by atoms with Crippen LogP contribution in [0.4, 0.5) is 14.6 Å². The molecule has 0 aliphatic heterocycles. The Kier molecular flexibility index (Phi) is 2.82. The molecule has 0 saturated heterocycles. The van der Waals surface area contributed by atoms with Gasteiger partial charge in [-0.15, -0.1) is 0 Å². The second-order valence-electron chi connectivity index (χ2n) is 3.05. The third-order valence-electron chi connectivity index (χ3n) is 1.95. The van der Waals surface area contributed by atoms with Crippen LogP contribution >= 0.6 is 15.9 Å². The number of hydrogen-bond donors (Lipinski definition) is 1. The molecule has 0 aliphatic rings. The van der Waals surface area contributed by atoms with Crippen molar-refractivity contribution in [3.63, 3.8) is 0 Å². The van der Waals surface area contributed by atoms with Gasteiger partial charge in [0.1, 0.15) is 17.5 Å². The van der Waals surface area contributed by atoms with Crippen molar-refractivity contribution < 1.29 is 8.78 Å². The molecule has 6 heteroatoms. The highest BCUT2D eigenvalue weighted by Crippen LogP contribution is 2.29. The van der Waals surface area contributed by atoms with E-state index in [1.807, 2.05) is 0 Å². The van der Waals surface area contributed by atoms with E-state index in [1.165, 1.54) is 18.5 Å². The van der Waals surface area contributed by atoms with Gasteiger partial charge in [0.25, 0.3) is 0 Å². The van der Waals surface area contributed by atoms with Gasteiger partial charge in [-0.3, -0.25) is 4.98 Å². The highest BCUT2D eigenvalue weighted by Gasteiger charge is 2.15. The molecule has 16 heavy (non-hydrogen) atoms. The fourth-order valence-corrected chi connectivity index (χ4v) is 1.59. The summed E-state index contributed by atoms with van der Waals surface area (Å²) in [4.78, 5) is 7.56. The van der Waals surface area contributed by atoms with E-state index in [2.05, 4.69) is 25.9 Å². The van der Waals surface area contributed by atoms with Gasteiger partial charge >= 0.3 is 0 Å². The molecule has 0 fully saturated rings. The molecule has 82 valence electrons. The van der Waals surface area contributed by atoms with Crippen LogP contribution in [0.2, 0.25) is 0 Å². The third-order valence-corrected chi connectivity index (χ3v) is 2.57. The Morgan fingerprint density at radius 3 is 2.62 bits per heavy atom. The van der Waals surface area contributed by atoms with Crippen LogP contribution in [0.25, 0.3) is 11.3 Å². The monoisotopic (exact) mass is 285 g/mol. The minimum absolute atomic E-state index is 0.0660. The second-order valence-corrected chi connectivity index (χ2v) is 3.90. The van der Waals surface area contributed by atoms with Crippen molar-refractivity contribution in [1.82, 2.24) is 9.97 Å². The van der Waals surface area contributed by atoms with Crippen molar-refractivity contribution >= 4 is 21.7 Å². The van der Waals surface area contributed by atoms with Crippen molar-refractivity contribution in [2.24, 2.45) is 0 Å². The average Bonchev–Trinajstić information content (AvgIpc) is 2.24. The first kappa shape index (κ1) is 10.9. The smallest absolute Gasteiger partial charge is 0.149 e. The third kappa shape index (κ3) is 1.88. The summed E-state index contributed by atoms with van der Waals surface area (Å²) in [5.41, 5.74) is 5.23. The molecule has 2 N–H and O–H groups in total. The predicted octanol–water partition coefficient (Wildman–Crippen LogP) is 2.77. The van der Waals surface area contributed by atoms with Crippen LogP contribution in [0.15, 0.2) is 29.0 Å². The van der Waals surface area contributed by atoms with Gasteiger partial charge < -0.3 is 5.73 Å². The van der Waals surface area contributed by atoms with Gasteiger partial charge in [0.05, 0.1) is 28.1 Å². The number of halogens is 3. The van der Waals surface area contributed by atoms with Crippen molar-refractivity contribution in [2.45, 2.75) is 0 Å². The molecule has 1 heterocycles. The minimum atomic E-state index is -0.722. The lowest BCUT2D eigenvalue weighted by Gasteiger charge is -2.05. The van der Waals surface area contributed by atoms with Crippen molar-refractivity contribution in [3.05, 3.63) is 40.6 Å². The first-order valence-electron chi connectivity index (χ1n) is 4.31. The van der Waals surface area contributed by atoms with Gasteiger partial charge in [0, 0.05) is 0 Å². The Hall–Kier alpha value is -1.56. The van der Waals surface area contributed by atoms with Gasteiger partial charge in [0.15, 0.2) is 0 Å². The lowest BCUT2D eigenvalue weighted by atomic mass is 10.1. The van der Waals surface area contributed by atoms with E-state index < -0.39 is 11.6 Å². The zero-order chi connectivity index (χ0) is 11.7. The van der Waals surface area contributed by atoms with Crippen LogP contribution in [-0.4, -0.2) is 9.97 Å². The zero-order valence-electron chi connectivity index (χ0n) is 7.92. The van der Waals surface area contributed by atoms with E-state index in [1.54, 1.807) is 0 Å². The van der Waals surface area contributed by atoms with Crippen LogP contribution in [0.1, 0.15) is 0 Å². The van der Waals surface area contributed by atoms with Crippen LogP contribution in [-0.2, 0) is 0 Å². The number of nitrogen functional groups attached to an aromatic ring is 1. The molecule has 0 radical (unpaired) electrons. The summed E-state index contributed by atoms with van der Waals surface area (Å²) < 4.78 is 27.3. The quantitative estimate of drug-likeness (QED) is 0.820. The lowest BCUT2D eigenvalue weighted by Crippen LogP contribution is -1.98. The SMILES string of the molecule is Nc1cncc(-c2c(F)ccc(Br)c2F)n1. The maximum Gasteiger partial charge on any atom is 0.149 e. The van der Waals surface area contributed by atoms with Gasteiger partial charge in [0.2, 0.25) is 0 Å². The van der Waals surface area contributed by atoms with Gasteiger partial charge in [-0.1, -0.05) is 0 Å². The summed E-state index contributed by atoms with van der Waals surface area (Å²) in [5, 5.41) is 0. The number of benzene rings is 1. The van der Waals surface area contributed by atoms with Crippen LogP contribution in [0.3, 0.4) is 0 Å². The summed E-state index contributed by atoms with van der Waals surface area (Å²) in [7, 11) is 0. The zero-order valence-corrected chi connectivity index (χ0v) is 9.50. The maximum atomic E-state index is 13.7. The molecule has 0 aliphatic carbocycles. The molecular formula is C10H6BrF2N3. The first-order chi connectivity index (χ1) is 7.59.